The van der Waals surface area contributed by atoms with Crippen LogP contribution in [-0.4, -0.2) is 104 Å². The Balaban J connectivity index is 1.25. The Labute approximate surface area is 233 Å². The number of hydrogen-bond acceptors (Lipinski definition) is 11. The minimum absolute atomic E-state index is 0.0615. The van der Waals surface area contributed by atoms with Gasteiger partial charge in [-0.25, -0.2) is 4.79 Å². The van der Waals surface area contributed by atoms with E-state index in [2.05, 4.69) is 0 Å². The third-order valence-corrected chi connectivity index (χ3v) is 11.9. The Hall–Kier alpha value is -1.44. The lowest BCUT2D eigenvalue weighted by Crippen LogP contribution is -2.72. The van der Waals surface area contributed by atoms with Crippen LogP contribution in [0.15, 0.2) is 11.6 Å². The fourth-order valence-corrected chi connectivity index (χ4v) is 9.82. The summed E-state index contributed by atoms with van der Waals surface area (Å²) in [6, 6.07) is 0. The van der Waals surface area contributed by atoms with E-state index in [1.807, 2.05) is 6.92 Å². The molecule has 6 rings (SSSR count). The van der Waals surface area contributed by atoms with Crippen LogP contribution in [0.1, 0.15) is 65.2 Å². The topological polar surface area (TPSA) is 183 Å². The molecule has 0 amide bonds. The number of aldehydes is 1. The van der Waals surface area contributed by atoms with E-state index in [1.165, 1.54) is 6.08 Å². The van der Waals surface area contributed by atoms with Gasteiger partial charge in [0.2, 0.25) is 0 Å². The van der Waals surface area contributed by atoms with Gasteiger partial charge >= 0.3 is 5.97 Å². The predicted molar refractivity (Wildman–Crippen MR) is 136 cm³/mol. The van der Waals surface area contributed by atoms with Crippen LogP contribution >= 0.6 is 0 Å². The molecule has 0 unspecified atom stereocenters. The zero-order valence-corrected chi connectivity index (χ0v) is 23.0. The molecular weight excluding hydrogens is 524 g/mol. The Kier molecular flexibility index (Phi) is 6.83. The van der Waals surface area contributed by atoms with Crippen molar-refractivity contribution in [1.82, 2.24) is 0 Å². The second-order valence-electron chi connectivity index (χ2n) is 13.6. The molecule has 224 valence electrons. The summed E-state index contributed by atoms with van der Waals surface area (Å²) in [7, 11) is 0. The van der Waals surface area contributed by atoms with Crippen molar-refractivity contribution < 1.29 is 54.4 Å². The predicted octanol–water partition coefficient (Wildman–Crippen LogP) is -0.279. The van der Waals surface area contributed by atoms with Crippen LogP contribution in [0.4, 0.5) is 0 Å². The first kappa shape index (κ1) is 28.7. The van der Waals surface area contributed by atoms with Crippen LogP contribution in [0.25, 0.3) is 0 Å². The van der Waals surface area contributed by atoms with Crippen molar-refractivity contribution in [1.29, 1.82) is 0 Å². The summed E-state index contributed by atoms with van der Waals surface area (Å²) in [6.07, 6.45) is -2.87. The standard InChI is InChI=1S/C29H42O11/c1-14-22(33)23(34)24(35)25(39-14)40-16-3-6-27(13-30)21-18(4-7-28(27,36)10-16)29(37)8-5-17(15-9-20(32)38-12-15)26(29,2)11-19(21)31/h9,13-14,16-19,21-25,31,33-37H,3-8,10-12H2,1-2H3/t14-,16-,17+,18-,19-,21-,22-,23+,24+,25+,26-,27+,28+,29+/m1/s1. The number of hydrogen-bond donors (Lipinski definition) is 6. The van der Waals surface area contributed by atoms with Crippen LogP contribution < -0.4 is 0 Å². The Morgan fingerprint density at radius 1 is 1.00 bits per heavy atom. The molecule has 6 N–H and O–H groups in total. The van der Waals surface area contributed by atoms with Gasteiger partial charge in [0.25, 0.3) is 0 Å². The van der Waals surface area contributed by atoms with Gasteiger partial charge in [-0.1, -0.05) is 6.92 Å². The Bertz CT molecular complexity index is 1080. The Morgan fingerprint density at radius 3 is 2.42 bits per heavy atom. The van der Waals surface area contributed by atoms with E-state index in [4.69, 9.17) is 14.2 Å². The summed E-state index contributed by atoms with van der Waals surface area (Å²) in [5, 5.41) is 66.7. The van der Waals surface area contributed by atoms with Crippen molar-refractivity contribution in [3.8, 4) is 0 Å². The summed E-state index contributed by atoms with van der Waals surface area (Å²) in [6.45, 7) is 3.72. The van der Waals surface area contributed by atoms with Crippen molar-refractivity contribution in [2.75, 3.05) is 6.61 Å². The number of rotatable bonds is 4. The van der Waals surface area contributed by atoms with E-state index in [1.54, 1.807) is 6.92 Å². The molecule has 11 heteroatoms. The number of fused-ring (bicyclic) bond motifs is 5. The van der Waals surface area contributed by atoms with Gasteiger partial charge in [-0.15, -0.1) is 0 Å². The third-order valence-electron chi connectivity index (χ3n) is 11.9. The van der Waals surface area contributed by atoms with E-state index < -0.39 is 82.8 Å². The number of cyclic esters (lactones) is 1. The highest BCUT2D eigenvalue weighted by atomic mass is 16.7. The fourth-order valence-electron chi connectivity index (χ4n) is 9.82. The van der Waals surface area contributed by atoms with Gasteiger partial charge in [-0.05, 0) is 69.3 Å². The smallest absolute Gasteiger partial charge is 0.331 e. The van der Waals surface area contributed by atoms with Crippen molar-refractivity contribution >= 4 is 12.3 Å². The van der Waals surface area contributed by atoms with Crippen LogP contribution in [-0.2, 0) is 23.8 Å². The molecule has 0 bridgehead atoms. The molecule has 5 fully saturated rings. The molecule has 11 nitrogen and oxygen atoms in total. The maximum absolute atomic E-state index is 13.0. The van der Waals surface area contributed by atoms with Gasteiger partial charge in [0.15, 0.2) is 6.29 Å². The molecule has 1 saturated heterocycles. The summed E-state index contributed by atoms with van der Waals surface area (Å²) in [5.41, 5.74) is -3.89. The molecule has 2 aliphatic heterocycles. The molecule has 6 aliphatic rings. The quantitative estimate of drug-likeness (QED) is 0.149. The number of aliphatic hydroxyl groups excluding tert-OH is 4. The molecule has 0 aromatic heterocycles. The number of ether oxygens (including phenoxy) is 3. The van der Waals surface area contributed by atoms with E-state index >= 15 is 0 Å². The molecule has 0 radical (unpaired) electrons. The zero-order chi connectivity index (χ0) is 28.8. The molecule has 4 aliphatic carbocycles. The van der Waals surface area contributed by atoms with Crippen molar-refractivity contribution in [3.63, 3.8) is 0 Å². The van der Waals surface area contributed by atoms with Crippen LogP contribution in [0.2, 0.25) is 0 Å². The van der Waals surface area contributed by atoms with E-state index in [0.29, 0.717) is 25.7 Å². The number of carbonyl (C=O) groups excluding carboxylic acids is 2. The van der Waals surface area contributed by atoms with Gasteiger partial charge < -0.3 is 49.6 Å². The van der Waals surface area contributed by atoms with E-state index in [-0.39, 0.29) is 38.2 Å². The first-order valence-corrected chi connectivity index (χ1v) is 14.6. The lowest BCUT2D eigenvalue weighted by atomic mass is 9.41. The Morgan fingerprint density at radius 2 is 1.75 bits per heavy atom. The normalized spacial score (nSPS) is 56.0. The highest BCUT2D eigenvalue weighted by Crippen LogP contribution is 2.70. The first-order valence-electron chi connectivity index (χ1n) is 14.6. The van der Waals surface area contributed by atoms with Gasteiger partial charge in [-0.2, -0.15) is 0 Å². The highest BCUT2D eigenvalue weighted by molar-refractivity contribution is 5.85. The highest BCUT2D eigenvalue weighted by Gasteiger charge is 2.73. The van der Waals surface area contributed by atoms with E-state index in [0.717, 1.165) is 11.9 Å². The van der Waals surface area contributed by atoms with Gasteiger partial charge in [0.1, 0.15) is 31.2 Å². The largest absolute Gasteiger partial charge is 0.458 e. The molecule has 0 spiro atoms. The molecular formula is C29H42O11. The SMILES string of the molecule is C[C@H]1O[C@@H](O[C@@H]2CC[C@]3(C=O)[C@H]4[C@H](O)C[C@]5(C)[C@H](C6=CC(=O)OC6)CC[C@]5(O)[C@@H]4CC[C@]3(O)C2)[C@@H](O)[C@@H](O)[C@@H]1O. The second-order valence-corrected chi connectivity index (χ2v) is 13.6. The fraction of sp³-hybridized carbons (Fsp3) is 0.862. The summed E-state index contributed by atoms with van der Waals surface area (Å²) < 4.78 is 16.8. The number of carbonyl (C=O) groups is 2. The van der Waals surface area contributed by atoms with E-state index in [9.17, 15) is 40.2 Å². The van der Waals surface area contributed by atoms with Gasteiger partial charge in [0.05, 0.1) is 34.9 Å². The molecule has 2 heterocycles. The maximum Gasteiger partial charge on any atom is 0.331 e. The summed E-state index contributed by atoms with van der Waals surface area (Å²) in [5.74, 6) is -1.61. The minimum atomic E-state index is -1.51. The minimum Gasteiger partial charge on any atom is -0.458 e. The molecule has 4 saturated carbocycles. The van der Waals surface area contributed by atoms with Crippen LogP contribution in [0.5, 0.6) is 0 Å². The zero-order valence-electron chi connectivity index (χ0n) is 23.0. The van der Waals surface area contributed by atoms with Crippen LogP contribution in [0.3, 0.4) is 0 Å². The maximum atomic E-state index is 13.0. The summed E-state index contributed by atoms with van der Waals surface area (Å²) >= 11 is 0. The average molecular weight is 567 g/mol. The molecule has 40 heavy (non-hydrogen) atoms. The lowest BCUT2D eigenvalue weighted by molar-refractivity contribution is -0.320. The number of esters is 1. The average Bonchev–Trinajstić information content (AvgIpc) is 3.45. The number of aliphatic hydroxyl groups is 6. The van der Waals surface area contributed by atoms with Crippen molar-refractivity contribution in [3.05, 3.63) is 11.6 Å². The third kappa shape index (κ3) is 3.78. The van der Waals surface area contributed by atoms with Crippen molar-refractivity contribution in [2.24, 2.45) is 28.6 Å². The molecule has 14 atom stereocenters. The van der Waals surface area contributed by atoms with Gasteiger partial charge in [-0.3, -0.25) is 0 Å². The van der Waals surface area contributed by atoms with Crippen molar-refractivity contribution in [2.45, 2.75) is 119 Å². The molecule has 0 aromatic carbocycles. The van der Waals surface area contributed by atoms with Crippen LogP contribution in [0, 0.1) is 28.6 Å². The molecule has 0 aromatic rings. The first-order chi connectivity index (χ1) is 18.8. The van der Waals surface area contributed by atoms with Gasteiger partial charge in [0, 0.05) is 23.8 Å². The summed E-state index contributed by atoms with van der Waals surface area (Å²) in [4.78, 5) is 24.8. The lowest BCUT2D eigenvalue weighted by Gasteiger charge is -2.66. The monoisotopic (exact) mass is 566 g/mol. The second kappa shape index (κ2) is 9.54.